The molecule has 8 heteroatoms. The van der Waals surface area contributed by atoms with E-state index in [2.05, 4.69) is 435 Å². The van der Waals surface area contributed by atoms with Crippen LogP contribution in [-0.4, -0.2) is 39.2 Å². The minimum Gasteiger partial charge on any atom is -0.231 e. The summed E-state index contributed by atoms with van der Waals surface area (Å²) >= 11 is 0. The number of hydrogen-bond donors (Lipinski definition) is 0. The molecule has 1 spiro atoms. The molecule has 6 heterocycles. The average molecular weight is 1610 g/mol. The molecule has 0 fully saturated rings. The van der Waals surface area contributed by atoms with E-state index in [1.165, 1.54) is 77.5 Å². The smallest absolute Gasteiger partial charge is 0.160 e. The molecule has 0 N–H and O–H groups in total. The van der Waals surface area contributed by atoms with Crippen LogP contribution >= 0.6 is 0 Å². The summed E-state index contributed by atoms with van der Waals surface area (Å²) in [6.45, 7) is 4.64. The van der Waals surface area contributed by atoms with Crippen LogP contribution in [0.25, 0.3) is 201 Å². The van der Waals surface area contributed by atoms with Gasteiger partial charge in [0.2, 0.25) is 0 Å². The van der Waals surface area contributed by atoms with Crippen molar-refractivity contribution in [1.82, 2.24) is 39.2 Å². The van der Waals surface area contributed by atoms with E-state index in [-0.39, 0.29) is 5.41 Å². The second-order valence-electron chi connectivity index (χ2n) is 33.6. The topological polar surface area (TPSA) is 86.2 Å². The summed E-state index contributed by atoms with van der Waals surface area (Å²) in [4.78, 5) is 21.2. The van der Waals surface area contributed by atoms with E-state index in [0.717, 1.165) is 145 Å². The number of fused-ring (bicyclic) bond motifs is 19. The zero-order chi connectivity index (χ0) is 83.6. The fraction of sp³-hybridized carbons (Fsp3) is 0.0339. The maximum absolute atomic E-state index is 5.55. The first-order chi connectivity index (χ1) is 62.2. The second kappa shape index (κ2) is 29.7. The summed E-state index contributed by atoms with van der Waals surface area (Å²) in [5.74, 6) is 1.37. The van der Waals surface area contributed by atoms with E-state index in [9.17, 15) is 0 Å². The summed E-state index contributed by atoms with van der Waals surface area (Å²) in [6.07, 6.45) is 0. The number of benzene rings is 16. The van der Waals surface area contributed by atoms with Crippen LogP contribution in [0.3, 0.4) is 0 Å². The van der Waals surface area contributed by atoms with Gasteiger partial charge in [0.25, 0.3) is 0 Å². The summed E-state index contributed by atoms with van der Waals surface area (Å²) < 4.78 is 4.30. The lowest BCUT2D eigenvalue weighted by Crippen LogP contribution is -2.25. The molecule has 126 heavy (non-hydrogen) atoms. The van der Waals surface area contributed by atoms with E-state index in [1.54, 1.807) is 0 Å². The Labute approximate surface area is 730 Å². The minimum absolute atomic E-state index is 0.120. The van der Waals surface area contributed by atoms with Crippen LogP contribution < -0.4 is 0 Å². The quantitative estimate of drug-likeness (QED) is 0.121. The van der Waals surface area contributed by atoms with Crippen LogP contribution in [0.15, 0.2) is 437 Å². The zero-order valence-electron chi connectivity index (χ0n) is 69.1. The van der Waals surface area contributed by atoms with E-state index >= 15 is 0 Å². The van der Waals surface area contributed by atoms with Gasteiger partial charge in [-0.2, -0.15) is 10.2 Å². The third-order valence-electron chi connectivity index (χ3n) is 26.1. The SMILES string of the molecule is CC1(C)c2ccccc2-c2ccc(-c3cc(-c4cccc(-c5nn6c(-c7ccccc7)cc7ccccc7c6c5-c5ccccc5)c4)nc(-c4ccccc4)n3)cc21.c1ccc(-c2nc(-c3cccc(-c4nn5c(-c6ccccc6)cc6ccccc6c5c4-c4ccccc4)c3)cc(-c3ccc4c(c3)C3(c5ccccc5-c5ccccc53)c3ccccc3-4)n2)cc1. The number of nitrogens with zero attached hydrogens (tertiary/aromatic N) is 8. The molecule has 0 radical (unpaired) electrons. The molecule has 0 saturated carbocycles. The molecule has 590 valence electrons. The van der Waals surface area contributed by atoms with Crippen LogP contribution in [0.4, 0.5) is 0 Å². The minimum atomic E-state index is -0.460. The first-order valence-electron chi connectivity index (χ1n) is 43.1. The Morgan fingerprint density at radius 3 is 0.905 bits per heavy atom. The Kier molecular flexibility index (Phi) is 17.3. The van der Waals surface area contributed by atoms with E-state index < -0.39 is 5.41 Å². The van der Waals surface area contributed by atoms with Crippen LogP contribution in [-0.2, 0) is 10.8 Å². The summed E-state index contributed by atoms with van der Waals surface area (Å²) in [7, 11) is 0. The number of aromatic nitrogens is 8. The van der Waals surface area contributed by atoms with Gasteiger partial charge in [0.05, 0.1) is 50.6 Å². The van der Waals surface area contributed by atoms with Gasteiger partial charge in [-0.25, -0.2) is 29.0 Å². The Hall–Kier alpha value is -16.4. The first kappa shape index (κ1) is 73.5. The Morgan fingerprint density at radius 1 is 0.206 bits per heavy atom. The van der Waals surface area contributed by atoms with Gasteiger partial charge in [-0.05, 0) is 137 Å². The van der Waals surface area contributed by atoms with Gasteiger partial charge in [-0.1, -0.05) is 402 Å². The normalized spacial score (nSPS) is 12.8. The predicted octanol–water partition coefficient (Wildman–Crippen LogP) is 29.2. The van der Waals surface area contributed by atoms with Gasteiger partial charge in [0, 0.05) is 82.9 Å². The van der Waals surface area contributed by atoms with E-state index in [1.807, 2.05) is 24.3 Å². The molecule has 0 unspecified atom stereocenters. The van der Waals surface area contributed by atoms with Crippen LogP contribution in [0.2, 0.25) is 0 Å². The molecule has 0 aliphatic heterocycles. The van der Waals surface area contributed by atoms with Crippen molar-refractivity contribution in [3.05, 3.63) is 470 Å². The number of rotatable bonds is 12. The lowest BCUT2D eigenvalue weighted by Gasteiger charge is -2.30. The maximum Gasteiger partial charge on any atom is 0.160 e. The molecular formula is C118H78N8. The fourth-order valence-corrected chi connectivity index (χ4v) is 20.3. The molecule has 3 aliphatic carbocycles. The second-order valence-corrected chi connectivity index (χ2v) is 33.6. The van der Waals surface area contributed by atoms with Crippen molar-refractivity contribution in [2.45, 2.75) is 24.7 Å². The first-order valence-corrected chi connectivity index (χ1v) is 43.1. The zero-order valence-corrected chi connectivity index (χ0v) is 69.1. The highest BCUT2D eigenvalue weighted by Gasteiger charge is 2.52. The molecule has 6 aromatic heterocycles. The maximum atomic E-state index is 5.55. The standard InChI is InChI=1S/C64H40N4.C54H38N4/c1-4-19-41(20-5-1)59-39-44-25-10-11-28-48(44)62-60(42-21-6-2-7-22-42)61(67-68(59)62)47-27-18-26-45(37-47)57-40-58(66-63(65-57)43-23-8-3-9-24-43)46-35-36-52-51-31-14-17-34-55(51)64(56(52)38-46)53-32-15-12-29-49(53)50-30-13-16-33-54(50)64;1-54(2)45-28-15-14-27-43(45)44-30-29-40(32-46(44)54)48-34-47(55-53(56-48)37-21-10-5-11-22-37)39-24-16-25-41(31-39)51-50(36-19-8-4-9-20-36)52-42-26-13-12-23-38(42)33-49(58(52)57-51)35-17-6-3-7-18-35/h1-40H;3-34H,1-2H3. The molecule has 0 bridgehead atoms. The van der Waals surface area contributed by atoms with Crippen LogP contribution in [0, 0.1) is 0 Å². The third-order valence-corrected chi connectivity index (χ3v) is 26.1. The average Bonchev–Trinajstić information content (AvgIpc) is 1.51. The van der Waals surface area contributed by atoms with Crippen molar-refractivity contribution in [2.24, 2.45) is 0 Å². The molecule has 3 aliphatic rings. The largest absolute Gasteiger partial charge is 0.231 e. The molecule has 16 aromatic carbocycles. The Balaban J connectivity index is 0.000000143. The van der Waals surface area contributed by atoms with Crippen LogP contribution in [0.5, 0.6) is 0 Å². The van der Waals surface area contributed by atoms with Gasteiger partial charge >= 0.3 is 0 Å². The molecule has 0 atom stereocenters. The van der Waals surface area contributed by atoms with Crippen molar-refractivity contribution in [3.63, 3.8) is 0 Å². The van der Waals surface area contributed by atoms with Gasteiger partial charge in [-0.3, -0.25) is 0 Å². The molecule has 0 amide bonds. The van der Waals surface area contributed by atoms with Crippen molar-refractivity contribution in [3.8, 4) is 168 Å². The van der Waals surface area contributed by atoms with Crippen molar-refractivity contribution in [2.75, 3.05) is 0 Å². The molecule has 25 rings (SSSR count). The predicted molar refractivity (Wildman–Crippen MR) is 516 cm³/mol. The number of hydrogen-bond acceptors (Lipinski definition) is 6. The highest BCUT2D eigenvalue weighted by molar-refractivity contribution is 6.11. The molecule has 22 aromatic rings. The summed E-state index contributed by atoms with van der Waals surface area (Å²) in [6, 6.07) is 156. The van der Waals surface area contributed by atoms with E-state index in [0.29, 0.717) is 11.6 Å². The summed E-state index contributed by atoms with van der Waals surface area (Å²) in [5, 5.41) is 15.7. The van der Waals surface area contributed by atoms with Crippen molar-refractivity contribution >= 4 is 32.6 Å². The number of pyridine rings is 2. The van der Waals surface area contributed by atoms with Gasteiger partial charge < -0.3 is 0 Å². The third kappa shape index (κ3) is 12.0. The highest BCUT2D eigenvalue weighted by atomic mass is 15.2. The highest BCUT2D eigenvalue weighted by Crippen LogP contribution is 2.63. The fourth-order valence-electron chi connectivity index (χ4n) is 20.3. The Bertz CT molecular complexity index is 8030. The Morgan fingerprint density at radius 2 is 0.500 bits per heavy atom. The van der Waals surface area contributed by atoms with Gasteiger partial charge in [-0.15, -0.1) is 0 Å². The molecular weight excluding hydrogens is 1530 g/mol. The van der Waals surface area contributed by atoms with Gasteiger partial charge in [0.15, 0.2) is 11.6 Å². The van der Waals surface area contributed by atoms with Crippen molar-refractivity contribution in [1.29, 1.82) is 0 Å². The lowest BCUT2D eigenvalue weighted by atomic mass is 9.70. The monoisotopic (exact) mass is 1610 g/mol. The lowest BCUT2D eigenvalue weighted by molar-refractivity contribution is 0.660. The van der Waals surface area contributed by atoms with Crippen molar-refractivity contribution < 1.29 is 0 Å². The summed E-state index contributed by atoms with van der Waals surface area (Å²) in [5.41, 5.74) is 39.2. The molecule has 0 saturated heterocycles. The molecule has 8 nitrogen and oxygen atoms in total. The van der Waals surface area contributed by atoms with Crippen LogP contribution in [0.1, 0.15) is 47.2 Å². The van der Waals surface area contributed by atoms with E-state index in [4.69, 9.17) is 30.1 Å². The van der Waals surface area contributed by atoms with Gasteiger partial charge in [0.1, 0.15) is 11.4 Å².